The number of aromatic carboxylic acids is 1. The number of carbonyl (C=O) groups excluding carboxylic acids is 1. The van der Waals surface area contributed by atoms with Gasteiger partial charge in [-0.05, 0) is 25.5 Å². The van der Waals surface area contributed by atoms with Crippen molar-refractivity contribution in [3.05, 3.63) is 36.3 Å². The topological polar surface area (TPSA) is 91.6 Å². The van der Waals surface area contributed by atoms with Crippen LogP contribution in [0.2, 0.25) is 0 Å². The minimum absolute atomic E-state index is 0.00585. The van der Waals surface area contributed by atoms with E-state index in [9.17, 15) is 9.59 Å². The zero-order chi connectivity index (χ0) is 13.5. The van der Waals surface area contributed by atoms with E-state index in [-0.39, 0.29) is 24.4 Å². The fourth-order valence-electron chi connectivity index (χ4n) is 1.34. The van der Waals surface area contributed by atoms with Crippen LogP contribution in [0.15, 0.2) is 29.2 Å². The molecule has 0 saturated carbocycles. The second-order valence-electron chi connectivity index (χ2n) is 3.82. The molecule has 0 saturated heterocycles. The number of amides is 2. The molecular formula is C12H16N2O4. The molecule has 1 unspecified atom stereocenters. The largest absolute Gasteiger partial charge is 0.475 e. The number of hydrogen-bond donors (Lipinski definition) is 3. The van der Waals surface area contributed by atoms with Crippen molar-refractivity contribution in [2.75, 3.05) is 0 Å². The van der Waals surface area contributed by atoms with E-state index in [1.165, 1.54) is 12.1 Å². The van der Waals surface area contributed by atoms with Crippen LogP contribution in [-0.2, 0) is 6.54 Å². The minimum atomic E-state index is -1.13. The van der Waals surface area contributed by atoms with E-state index in [1.807, 2.05) is 6.92 Å². The molecule has 6 heteroatoms. The Morgan fingerprint density at radius 3 is 2.83 bits per heavy atom. The summed E-state index contributed by atoms with van der Waals surface area (Å²) < 4.78 is 4.99. The lowest BCUT2D eigenvalue weighted by Gasteiger charge is -2.11. The molecule has 6 nitrogen and oxygen atoms in total. The van der Waals surface area contributed by atoms with Gasteiger partial charge in [0.05, 0.1) is 6.54 Å². The van der Waals surface area contributed by atoms with Gasteiger partial charge in [-0.15, -0.1) is 6.58 Å². The van der Waals surface area contributed by atoms with E-state index >= 15 is 0 Å². The van der Waals surface area contributed by atoms with Crippen molar-refractivity contribution >= 4 is 12.0 Å². The number of rotatable bonds is 6. The first-order chi connectivity index (χ1) is 8.52. The van der Waals surface area contributed by atoms with Crippen molar-refractivity contribution in [2.24, 2.45) is 0 Å². The summed E-state index contributed by atoms with van der Waals surface area (Å²) >= 11 is 0. The summed E-state index contributed by atoms with van der Waals surface area (Å²) in [6, 6.07) is 2.51. The van der Waals surface area contributed by atoms with Gasteiger partial charge in [0.15, 0.2) is 0 Å². The van der Waals surface area contributed by atoms with Crippen molar-refractivity contribution in [3.63, 3.8) is 0 Å². The molecule has 3 N–H and O–H groups in total. The Morgan fingerprint density at radius 1 is 1.56 bits per heavy atom. The number of hydrogen-bond acceptors (Lipinski definition) is 3. The summed E-state index contributed by atoms with van der Waals surface area (Å²) in [5.74, 6) is -0.892. The Morgan fingerprint density at radius 2 is 2.28 bits per heavy atom. The van der Waals surface area contributed by atoms with Gasteiger partial charge >= 0.3 is 12.0 Å². The van der Waals surface area contributed by atoms with Crippen LogP contribution in [0, 0.1) is 0 Å². The van der Waals surface area contributed by atoms with Crippen LogP contribution >= 0.6 is 0 Å². The highest BCUT2D eigenvalue weighted by molar-refractivity contribution is 5.84. The first kappa shape index (κ1) is 13.8. The predicted molar refractivity (Wildman–Crippen MR) is 65.3 cm³/mol. The van der Waals surface area contributed by atoms with E-state index in [4.69, 9.17) is 9.52 Å². The van der Waals surface area contributed by atoms with Crippen LogP contribution in [0.1, 0.15) is 29.7 Å². The van der Waals surface area contributed by atoms with Crippen molar-refractivity contribution in [1.82, 2.24) is 10.6 Å². The highest BCUT2D eigenvalue weighted by Crippen LogP contribution is 2.07. The Kier molecular flexibility index (Phi) is 4.98. The summed E-state index contributed by atoms with van der Waals surface area (Å²) in [7, 11) is 0. The molecule has 1 aromatic heterocycles. The van der Waals surface area contributed by atoms with Gasteiger partial charge in [0.25, 0.3) is 0 Å². The van der Waals surface area contributed by atoms with E-state index in [2.05, 4.69) is 17.2 Å². The third-order valence-corrected chi connectivity index (χ3v) is 2.19. The summed E-state index contributed by atoms with van der Waals surface area (Å²) in [6.45, 7) is 5.58. The molecule has 98 valence electrons. The maximum atomic E-state index is 11.4. The smallest absolute Gasteiger partial charge is 0.371 e. The molecule has 0 radical (unpaired) electrons. The van der Waals surface area contributed by atoms with E-state index < -0.39 is 5.97 Å². The number of carboxylic acids is 1. The lowest BCUT2D eigenvalue weighted by Crippen LogP contribution is -2.40. The minimum Gasteiger partial charge on any atom is -0.475 e. The molecule has 0 aromatic carbocycles. The molecule has 0 aliphatic rings. The SMILES string of the molecule is C=CCC(C)NC(=O)NCc1ccc(C(=O)O)o1. The molecule has 1 aromatic rings. The molecule has 0 aliphatic carbocycles. The molecular weight excluding hydrogens is 236 g/mol. The predicted octanol–water partition coefficient (Wildman–Crippen LogP) is 1.74. The van der Waals surface area contributed by atoms with Gasteiger partial charge in [-0.25, -0.2) is 9.59 Å². The fourth-order valence-corrected chi connectivity index (χ4v) is 1.34. The maximum absolute atomic E-state index is 11.4. The summed E-state index contributed by atoms with van der Waals surface area (Å²) in [6.07, 6.45) is 2.40. The number of urea groups is 1. The number of carbonyl (C=O) groups is 2. The molecule has 1 rings (SSSR count). The summed E-state index contributed by atoms with van der Waals surface area (Å²) in [5, 5.41) is 13.9. The monoisotopic (exact) mass is 252 g/mol. The number of furan rings is 1. The molecule has 0 fully saturated rings. The van der Waals surface area contributed by atoms with Crippen molar-refractivity contribution in [3.8, 4) is 0 Å². The summed E-state index contributed by atoms with van der Waals surface area (Å²) in [5.41, 5.74) is 0. The van der Waals surface area contributed by atoms with Crippen LogP contribution in [0.4, 0.5) is 4.79 Å². The zero-order valence-corrected chi connectivity index (χ0v) is 10.1. The van der Waals surface area contributed by atoms with Gasteiger partial charge in [-0.2, -0.15) is 0 Å². The molecule has 18 heavy (non-hydrogen) atoms. The van der Waals surface area contributed by atoms with Gasteiger partial charge in [0.2, 0.25) is 5.76 Å². The Balaban J connectivity index is 2.37. The van der Waals surface area contributed by atoms with Crippen molar-refractivity contribution in [1.29, 1.82) is 0 Å². The van der Waals surface area contributed by atoms with Gasteiger partial charge in [0, 0.05) is 6.04 Å². The standard InChI is InChI=1S/C12H16N2O4/c1-3-4-8(2)14-12(17)13-7-9-5-6-10(18-9)11(15)16/h3,5-6,8H,1,4,7H2,2H3,(H,15,16)(H2,13,14,17). The van der Waals surface area contributed by atoms with Crippen LogP contribution in [0.25, 0.3) is 0 Å². The average Bonchev–Trinajstić information content (AvgIpc) is 2.75. The highest BCUT2D eigenvalue weighted by Gasteiger charge is 2.10. The van der Waals surface area contributed by atoms with E-state index in [1.54, 1.807) is 6.08 Å². The quantitative estimate of drug-likeness (QED) is 0.672. The van der Waals surface area contributed by atoms with Crippen LogP contribution < -0.4 is 10.6 Å². The second-order valence-corrected chi connectivity index (χ2v) is 3.82. The second kappa shape index (κ2) is 6.48. The lowest BCUT2D eigenvalue weighted by molar-refractivity contribution is 0.0660. The van der Waals surface area contributed by atoms with Crippen molar-refractivity contribution in [2.45, 2.75) is 25.9 Å². The Labute approximate surface area is 105 Å². The first-order valence-corrected chi connectivity index (χ1v) is 5.50. The maximum Gasteiger partial charge on any atom is 0.371 e. The lowest BCUT2D eigenvalue weighted by atomic mass is 10.2. The highest BCUT2D eigenvalue weighted by atomic mass is 16.4. The van der Waals surface area contributed by atoms with Gasteiger partial charge < -0.3 is 20.2 Å². The Bertz CT molecular complexity index is 439. The van der Waals surface area contributed by atoms with Crippen molar-refractivity contribution < 1.29 is 19.1 Å². The molecule has 1 atom stereocenters. The number of nitrogens with one attached hydrogen (secondary N) is 2. The van der Waals surface area contributed by atoms with Crippen LogP contribution in [0.3, 0.4) is 0 Å². The average molecular weight is 252 g/mol. The molecule has 2 amide bonds. The van der Waals surface area contributed by atoms with E-state index in [0.717, 1.165) is 0 Å². The zero-order valence-electron chi connectivity index (χ0n) is 10.1. The molecule has 0 aliphatic heterocycles. The van der Waals surface area contributed by atoms with Gasteiger partial charge in [-0.3, -0.25) is 0 Å². The fraction of sp³-hybridized carbons (Fsp3) is 0.333. The Hall–Kier alpha value is -2.24. The third kappa shape index (κ3) is 4.32. The molecule has 1 heterocycles. The van der Waals surface area contributed by atoms with Gasteiger partial charge in [0.1, 0.15) is 5.76 Å². The normalized spacial score (nSPS) is 11.6. The molecule has 0 bridgehead atoms. The summed E-state index contributed by atoms with van der Waals surface area (Å²) in [4.78, 5) is 22.0. The molecule has 0 spiro atoms. The number of carboxylic acid groups (broad SMARTS) is 1. The third-order valence-electron chi connectivity index (χ3n) is 2.19. The van der Waals surface area contributed by atoms with Crippen LogP contribution in [-0.4, -0.2) is 23.1 Å². The van der Waals surface area contributed by atoms with Crippen LogP contribution in [0.5, 0.6) is 0 Å². The first-order valence-electron chi connectivity index (χ1n) is 5.50. The van der Waals surface area contributed by atoms with E-state index in [0.29, 0.717) is 12.2 Å². The van der Waals surface area contributed by atoms with Gasteiger partial charge in [-0.1, -0.05) is 6.08 Å².